The molecule has 0 saturated carbocycles. The Labute approximate surface area is 121 Å². The highest BCUT2D eigenvalue weighted by Crippen LogP contribution is 2.16. The number of primary amides is 1. The average Bonchev–Trinajstić information content (AvgIpc) is 2.40. The molecule has 1 aliphatic rings. The summed E-state index contributed by atoms with van der Waals surface area (Å²) in [6, 6.07) is 4.25. The molecule has 1 aromatic rings. The van der Waals surface area contributed by atoms with E-state index in [0.29, 0.717) is 12.1 Å². The summed E-state index contributed by atoms with van der Waals surface area (Å²) in [6.45, 7) is 2.28. The highest BCUT2D eigenvalue weighted by molar-refractivity contribution is 5.93. The van der Waals surface area contributed by atoms with Gasteiger partial charge in [-0.25, -0.2) is 0 Å². The highest BCUT2D eigenvalue weighted by atomic mass is 16.4. The number of piperazine rings is 1. The molecule has 2 amide bonds. The monoisotopic (exact) mass is 291 g/mol. The lowest BCUT2D eigenvalue weighted by molar-refractivity contribution is -0.146. The van der Waals surface area contributed by atoms with Crippen LogP contribution in [0.4, 0.5) is 0 Å². The lowest BCUT2D eigenvalue weighted by Gasteiger charge is -2.33. The zero-order valence-corrected chi connectivity index (χ0v) is 11.6. The molecule has 21 heavy (non-hydrogen) atoms. The van der Waals surface area contributed by atoms with Crippen LogP contribution in [-0.4, -0.2) is 46.9 Å². The lowest BCUT2D eigenvalue weighted by Crippen LogP contribution is -2.57. The fraction of sp³-hybridized carbons (Fsp3) is 0.357. The molecule has 1 aliphatic heterocycles. The molecule has 0 bridgehead atoms. The molecule has 1 fully saturated rings. The van der Waals surface area contributed by atoms with Gasteiger partial charge in [-0.1, -0.05) is 6.07 Å². The van der Waals surface area contributed by atoms with Crippen molar-refractivity contribution in [3.8, 4) is 0 Å². The summed E-state index contributed by atoms with van der Waals surface area (Å²) >= 11 is 0. The van der Waals surface area contributed by atoms with Gasteiger partial charge in [-0.05, 0) is 30.2 Å². The van der Waals surface area contributed by atoms with E-state index in [-0.39, 0.29) is 19.0 Å². The second-order valence-electron chi connectivity index (χ2n) is 5.07. The second kappa shape index (κ2) is 5.92. The van der Waals surface area contributed by atoms with Gasteiger partial charge in [-0.3, -0.25) is 19.3 Å². The van der Waals surface area contributed by atoms with Crippen LogP contribution in [0.5, 0.6) is 0 Å². The minimum absolute atomic E-state index is 0.0357. The molecule has 0 spiro atoms. The first-order valence-electron chi connectivity index (χ1n) is 6.51. The first-order valence-corrected chi connectivity index (χ1v) is 6.51. The highest BCUT2D eigenvalue weighted by Gasteiger charge is 2.31. The van der Waals surface area contributed by atoms with Gasteiger partial charge in [0.2, 0.25) is 11.8 Å². The Morgan fingerprint density at radius 2 is 2.19 bits per heavy atom. The maximum Gasteiger partial charge on any atom is 0.322 e. The number of rotatable bonds is 4. The third-order valence-electron chi connectivity index (χ3n) is 3.57. The first-order chi connectivity index (χ1) is 9.88. The Hall–Kier alpha value is -2.41. The van der Waals surface area contributed by atoms with E-state index in [1.54, 1.807) is 23.1 Å². The van der Waals surface area contributed by atoms with E-state index in [2.05, 4.69) is 5.32 Å². The van der Waals surface area contributed by atoms with Gasteiger partial charge in [0.15, 0.2) is 0 Å². The van der Waals surface area contributed by atoms with Crippen LogP contribution in [0.3, 0.4) is 0 Å². The van der Waals surface area contributed by atoms with Crippen LogP contribution in [0.2, 0.25) is 0 Å². The van der Waals surface area contributed by atoms with E-state index < -0.39 is 17.9 Å². The van der Waals surface area contributed by atoms with E-state index in [0.717, 1.165) is 11.1 Å². The van der Waals surface area contributed by atoms with Gasteiger partial charge in [0.1, 0.15) is 6.04 Å². The Bertz CT molecular complexity index is 600. The summed E-state index contributed by atoms with van der Waals surface area (Å²) in [7, 11) is 0. The molecule has 0 radical (unpaired) electrons. The quantitative estimate of drug-likeness (QED) is 0.691. The summed E-state index contributed by atoms with van der Waals surface area (Å²) in [5, 5.41) is 11.8. The number of nitrogens with one attached hydrogen (secondary N) is 1. The summed E-state index contributed by atoms with van der Waals surface area (Å²) in [5.74, 6) is -1.68. The Morgan fingerprint density at radius 3 is 2.76 bits per heavy atom. The van der Waals surface area contributed by atoms with Gasteiger partial charge in [0, 0.05) is 18.7 Å². The zero-order valence-electron chi connectivity index (χ0n) is 11.6. The van der Waals surface area contributed by atoms with Crippen LogP contribution in [0.1, 0.15) is 21.5 Å². The normalized spacial score (nSPS) is 19.1. The van der Waals surface area contributed by atoms with Crippen molar-refractivity contribution < 1.29 is 19.5 Å². The zero-order chi connectivity index (χ0) is 15.6. The second-order valence-corrected chi connectivity index (χ2v) is 5.07. The SMILES string of the molecule is Cc1cc(C(N)=O)ccc1CN1CC(=O)NCC1C(=O)O. The number of nitrogens with two attached hydrogens (primary N) is 1. The molecule has 7 heteroatoms. The van der Waals surface area contributed by atoms with E-state index >= 15 is 0 Å². The van der Waals surface area contributed by atoms with Crippen molar-refractivity contribution in [1.82, 2.24) is 10.2 Å². The molecule has 0 aliphatic carbocycles. The molecule has 112 valence electrons. The predicted octanol–water partition coefficient (Wildman–Crippen LogP) is -0.521. The van der Waals surface area contributed by atoms with Crippen LogP contribution < -0.4 is 11.1 Å². The van der Waals surface area contributed by atoms with Crippen molar-refractivity contribution in [3.63, 3.8) is 0 Å². The number of nitrogens with zero attached hydrogens (tertiary/aromatic N) is 1. The maximum absolute atomic E-state index is 11.5. The number of carboxylic acids is 1. The summed E-state index contributed by atoms with van der Waals surface area (Å²) in [4.78, 5) is 35.4. The van der Waals surface area contributed by atoms with Crippen molar-refractivity contribution in [2.24, 2.45) is 5.73 Å². The molecule has 0 aromatic heterocycles. The number of aliphatic carboxylic acids is 1. The van der Waals surface area contributed by atoms with Crippen molar-refractivity contribution in [1.29, 1.82) is 0 Å². The molecule has 2 rings (SSSR count). The van der Waals surface area contributed by atoms with Crippen molar-refractivity contribution in [2.45, 2.75) is 19.5 Å². The van der Waals surface area contributed by atoms with Crippen molar-refractivity contribution in [2.75, 3.05) is 13.1 Å². The Kier molecular flexibility index (Phi) is 4.23. The third-order valence-corrected chi connectivity index (χ3v) is 3.57. The van der Waals surface area contributed by atoms with Crippen LogP contribution in [-0.2, 0) is 16.1 Å². The van der Waals surface area contributed by atoms with E-state index in [4.69, 9.17) is 5.73 Å². The minimum atomic E-state index is -0.971. The van der Waals surface area contributed by atoms with Gasteiger partial charge >= 0.3 is 5.97 Å². The van der Waals surface area contributed by atoms with Gasteiger partial charge < -0.3 is 16.2 Å². The largest absolute Gasteiger partial charge is 0.480 e. The molecule has 4 N–H and O–H groups in total. The number of aryl methyl sites for hydroxylation is 1. The lowest BCUT2D eigenvalue weighted by atomic mass is 10.0. The molecule has 1 heterocycles. The van der Waals surface area contributed by atoms with Gasteiger partial charge in [0.25, 0.3) is 0 Å². The predicted molar refractivity (Wildman–Crippen MR) is 74.5 cm³/mol. The van der Waals surface area contributed by atoms with Crippen molar-refractivity contribution >= 4 is 17.8 Å². The average molecular weight is 291 g/mol. The van der Waals surface area contributed by atoms with E-state index in [9.17, 15) is 19.5 Å². The number of amides is 2. The molecule has 1 atom stereocenters. The third kappa shape index (κ3) is 3.38. The molecule has 7 nitrogen and oxygen atoms in total. The summed E-state index contributed by atoms with van der Waals surface area (Å²) in [5.41, 5.74) is 7.32. The topological polar surface area (TPSA) is 113 Å². The van der Waals surface area contributed by atoms with Crippen LogP contribution in [0, 0.1) is 6.92 Å². The summed E-state index contributed by atoms with van der Waals surface area (Å²) < 4.78 is 0. The Balaban J connectivity index is 2.20. The molecule has 1 aromatic carbocycles. The van der Waals surface area contributed by atoms with E-state index in [1.807, 2.05) is 6.92 Å². The van der Waals surface area contributed by atoms with Gasteiger partial charge in [-0.15, -0.1) is 0 Å². The molecular formula is C14H17N3O4. The molecule has 1 saturated heterocycles. The van der Waals surface area contributed by atoms with Gasteiger partial charge in [-0.2, -0.15) is 0 Å². The fourth-order valence-corrected chi connectivity index (χ4v) is 2.35. The van der Waals surface area contributed by atoms with Crippen molar-refractivity contribution in [3.05, 3.63) is 34.9 Å². The van der Waals surface area contributed by atoms with Gasteiger partial charge in [0.05, 0.1) is 6.54 Å². The number of carbonyl (C=O) groups excluding carboxylic acids is 2. The number of hydrogen-bond acceptors (Lipinski definition) is 4. The number of hydrogen-bond donors (Lipinski definition) is 3. The minimum Gasteiger partial charge on any atom is -0.480 e. The Morgan fingerprint density at radius 1 is 1.48 bits per heavy atom. The number of carbonyl (C=O) groups is 3. The molecular weight excluding hydrogens is 274 g/mol. The number of benzene rings is 1. The van der Waals surface area contributed by atoms with Crippen LogP contribution in [0.15, 0.2) is 18.2 Å². The maximum atomic E-state index is 11.5. The summed E-state index contributed by atoms with van der Waals surface area (Å²) in [6.07, 6.45) is 0. The number of carboxylic acid groups (broad SMARTS) is 1. The molecule has 1 unspecified atom stereocenters. The standard InChI is InChI=1S/C14H17N3O4/c1-8-4-9(13(15)19)2-3-10(8)6-17-7-12(18)16-5-11(17)14(20)21/h2-4,11H,5-7H2,1H3,(H2,15,19)(H,16,18)(H,20,21). The fourth-order valence-electron chi connectivity index (χ4n) is 2.35. The van der Waals surface area contributed by atoms with E-state index in [1.165, 1.54) is 0 Å². The smallest absolute Gasteiger partial charge is 0.322 e. The van der Waals surface area contributed by atoms with Crippen LogP contribution in [0.25, 0.3) is 0 Å². The van der Waals surface area contributed by atoms with Crippen LogP contribution >= 0.6 is 0 Å². The first kappa shape index (κ1) is 15.0.